The summed E-state index contributed by atoms with van der Waals surface area (Å²) < 4.78 is 0. The number of anilines is 1. The number of hydrogen-bond donors (Lipinski definition) is 0. The van der Waals surface area contributed by atoms with E-state index in [1.807, 2.05) is 0 Å². The van der Waals surface area contributed by atoms with E-state index in [4.69, 9.17) is 0 Å². The predicted octanol–water partition coefficient (Wildman–Crippen LogP) is 5.75. The number of rotatable bonds is 6. The van der Waals surface area contributed by atoms with E-state index >= 15 is 0 Å². The van der Waals surface area contributed by atoms with Gasteiger partial charge in [-0.1, -0.05) is 64.2 Å². The standard InChI is InChI=1S/C20H31N/c1-3-5-10-16(4-2)15-21-19-13-8-6-11-17(19)18-12-7-9-14-20(18)21/h6,8,11,13,16,18,20H,3-5,7,9-10,12,14-15H2,1-2H3. The van der Waals surface area contributed by atoms with Gasteiger partial charge in [-0.05, 0) is 36.8 Å². The van der Waals surface area contributed by atoms with Crippen LogP contribution in [0.5, 0.6) is 0 Å². The van der Waals surface area contributed by atoms with Gasteiger partial charge in [-0.2, -0.15) is 0 Å². The number of fused-ring (bicyclic) bond motifs is 3. The molecule has 0 spiro atoms. The van der Waals surface area contributed by atoms with Gasteiger partial charge in [-0.25, -0.2) is 0 Å². The Hall–Kier alpha value is -0.980. The summed E-state index contributed by atoms with van der Waals surface area (Å²) >= 11 is 0. The van der Waals surface area contributed by atoms with E-state index in [1.54, 1.807) is 11.3 Å². The van der Waals surface area contributed by atoms with Crippen molar-refractivity contribution in [2.75, 3.05) is 11.4 Å². The van der Waals surface area contributed by atoms with E-state index in [9.17, 15) is 0 Å². The van der Waals surface area contributed by atoms with Crippen LogP contribution >= 0.6 is 0 Å². The molecule has 1 heteroatoms. The van der Waals surface area contributed by atoms with Gasteiger partial charge >= 0.3 is 0 Å². The zero-order chi connectivity index (χ0) is 14.7. The fraction of sp³-hybridized carbons (Fsp3) is 0.700. The van der Waals surface area contributed by atoms with Crippen molar-refractivity contribution in [2.45, 2.75) is 77.2 Å². The quantitative estimate of drug-likeness (QED) is 0.643. The van der Waals surface area contributed by atoms with Crippen LogP contribution in [0.4, 0.5) is 5.69 Å². The molecule has 1 nitrogen and oxygen atoms in total. The van der Waals surface area contributed by atoms with Gasteiger partial charge in [0, 0.05) is 24.2 Å². The first-order valence-corrected chi connectivity index (χ1v) is 9.20. The summed E-state index contributed by atoms with van der Waals surface area (Å²) in [5.41, 5.74) is 3.21. The van der Waals surface area contributed by atoms with Crippen LogP contribution in [-0.4, -0.2) is 12.6 Å². The van der Waals surface area contributed by atoms with E-state index < -0.39 is 0 Å². The van der Waals surface area contributed by atoms with Crippen LogP contribution in [0.3, 0.4) is 0 Å². The summed E-state index contributed by atoms with van der Waals surface area (Å²) in [6, 6.07) is 10.0. The zero-order valence-corrected chi connectivity index (χ0v) is 13.9. The van der Waals surface area contributed by atoms with Crippen LogP contribution < -0.4 is 4.90 Å². The maximum Gasteiger partial charge on any atom is 0.0405 e. The SMILES string of the molecule is CCCCC(CC)CN1c2ccccc2C2CCCCC21. The van der Waals surface area contributed by atoms with Crippen molar-refractivity contribution in [3.05, 3.63) is 29.8 Å². The number of para-hydroxylation sites is 1. The predicted molar refractivity (Wildman–Crippen MR) is 92.1 cm³/mol. The summed E-state index contributed by atoms with van der Waals surface area (Å²) in [6.45, 7) is 5.98. The third-order valence-electron chi connectivity index (χ3n) is 5.77. The fourth-order valence-electron chi connectivity index (χ4n) is 4.52. The Morgan fingerprint density at radius 1 is 1.14 bits per heavy atom. The summed E-state index contributed by atoms with van der Waals surface area (Å²) in [6.07, 6.45) is 11.1. The fourth-order valence-corrected chi connectivity index (χ4v) is 4.52. The molecule has 3 atom stereocenters. The highest BCUT2D eigenvalue weighted by Crippen LogP contribution is 2.48. The normalized spacial score (nSPS) is 25.5. The Bertz CT molecular complexity index is 453. The van der Waals surface area contributed by atoms with Gasteiger partial charge in [0.05, 0.1) is 0 Å². The molecule has 0 N–H and O–H groups in total. The van der Waals surface area contributed by atoms with Crippen molar-refractivity contribution in [1.82, 2.24) is 0 Å². The van der Waals surface area contributed by atoms with Gasteiger partial charge in [0.1, 0.15) is 0 Å². The molecule has 1 aliphatic carbocycles. The monoisotopic (exact) mass is 285 g/mol. The first-order chi connectivity index (χ1) is 10.3. The Labute approximate surface area is 130 Å². The molecule has 3 unspecified atom stereocenters. The molecule has 0 saturated heterocycles. The molecule has 1 aromatic rings. The lowest BCUT2D eigenvalue weighted by Crippen LogP contribution is -2.39. The van der Waals surface area contributed by atoms with Crippen LogP contribution in [0.2, 0.25) is 0 Å². The van der Waals surface area contributed by atoms with Crippen molar-refractivity contribution in [3.63, 3.8) is 0 Å². The molecular formula is C20H31N. The van der Waals surface area contributed by atoms with E-state index in [0.29, 0.717) is 0 Å². The van der Waals surface area contributed by atoms with Gasteiger partial charge < -0.3 is 4.90 Å². The van der Waals surface area contributed by atoms with Crippen LogP contribution in [0.15, 0.2) is 24.3 Å². The van der Waals surface area contributed by atoms with E-state index in [2.05, 4.69) is 43.0 Å². The molecule has 116 valence electrons. The molecule has 1 saturated carbocycles. The molecule has 0 bridgehead atoms. The van der Waals surface area contributed by atoms with Gasteiger partial charge in [0.25, 0.3) is 0 Å². The maximum atomic E-state index is 2.79. The molecule has 0 radical (unpaired) electrons. The number of benzene rings is 1. The minimum atomic E-state index is 0.798. The minimum Gasteiger partial charge on any atom is -0.367 e. The average molecular weight is 285 g/mol. The molecule has 3 rings (SSSR count). The summed E-state index contributed by atoms with van der Waals surface area (Å²) in [5, 5.41) is 0. The molecule has 21 heavy (non-hydrogen) atoms. The van der Waals surface area contributed by atoms with Crippen molar-refractivity contribution < 1.29 is 0 Å². The van der Waals surface area contributed by atoms with E-state index in [-0.39, 0.29) is 0 Å². The van der Waals surface area contributed by atoms with E-state index in [0.717, 1.165) is 17.9 Å². The van der Waals surface area contributed by atoms with Crippen LogP contribution in [0, 0.1) is 5.92 Å². The summed E-state index contributed by atoms with van der Waals surface area (Å²) in [7, 11) is 0. The Kier molecular flexibility index (Phi) is 4.87. The molecule has 0 aromatic heterocycles. The Morgan fingerprint density at radius 3 is 2.76 bits per heavy atom. The second-order valence-electron chi connectivity index (χ2n) is 7.09. The lowest BCUT2D eigenvalue weighted by Gasteiger charge is -2.35. The van der Waals surface area contributed by atoms with Crippen LogP contribution in [-0.2, 0) is 0 Å². The van der Waals surface area contributed by atoms with Gasteiger partial charge in [0.2, 0.25) is 0 Å². The lowest BCUT2D eigenvalue weighted by molar-refractivity contribution is 0.359. The topological polar surface area (TPSA) is 3.24 Å². The highest BCUT2D eigenvalue weighted by Gasteiger charge is 2.39. The van der Waals surface area contributed by atoms with Crippen molar-refractivity contribution in [1.29, 1.82) is 0 Å². The summed E-state index contributed by atoms with van der Waals surface area (Å²) in [5.74, 6) is 1.69. The first kappa shape index (κ1) is 14.9. The van der Waals surface area contributed by atoms with Crippen molar-refractivity contribution in [2.24, 2.45) is 5.92 Å². The third-order valence-corrected chi connectivity index (χ3v) is 5.77. The minimum absolute atomic E-state index is 0.798. The lowest BCUT2D eigenvalue weighted by atomic mass is 9.82. The van der Waals surface area contributed by atoms with Crippen LogP contribution in [0.25, 0.3) is 0 Å². The second kappa shape index (κ2) is 6.85. The first-order valence-electron chi connectivity index (χ1n) is 9.20. The van der Waals surface area contributed by atoms with Gasteiger partial charge in [-0.15, -0.1) is 0 Å². The summed E-state index contributed by atoms with van der Waals surface area (Å²) in [4.78, 5) is 2.79. The smallest absolute Gasteiger partial charge is 0.0405 e. The molecule has 2 aliphatic rings. The Balaban J connectivity index is 1.79. The number of nitrogens with zero attached hydrogens (tertiary/aromatic N) is 1. The largest absolute Gasteiger partial charge is 0.367 e. The zero-order valence-electron chi connectivity index (χ0n) is 13.9. The molecule has 1 fully saturated rings. The number of unbranched alkanes of at least 4 members (excludes halogenated alkanes) is 1. The van der Waals surface area contributed by atoms with Crippen molar-refractivity contribution >= 4 is 5.69 Å². The molecular weight excluding hydrogens is 254 g/mol. The van der Waals surface area contributed by atoms with Gasteiger partial charge in [-0.3, -0.25) is 0 Å². The molecule has 0 amide bonds. The van der Waals surface area contributed by atoms with Crippen molar-refractivity contribution in [3.8, 4) is 0 Å². The maximum absolute atomic E-state index is 2.79. The molecule has 1 aliphatic heterocycles. The van der Waals surface area contributed by atoms with Gasteiger partial charge in [0.15, 0.2) is 0 Å². The van der Waals surface area contributed by atoms with Crippen LogP contribution in [0.1, 0.15) is 76.7 Å². The second-order valence-corrected chi connectivity index (χ2v) is 7.09. The number of hydrogen-bond acceptors (Lipinski definition) is 1. The average Bonchev–Trinajstić information content (AvgIpc) is 2.86. The molecule has 1 aromatic carbocycles. The highest BCUT2D eigenvalue weighted by atomic mass is 15.2. The molecule has 1 heterocycles. The highest BCUT2D eigenvalue weighted by molar-refractivity contribution is 5.62. The third kappa shape index (κ3) is 2.98. The van der Waals surface area contributed by atoms with E-state index in [1.165, 1.54) is 57.9 Å². The Morgan fingerprint density at radius 2 is 1.95 bits per heavy atom.